The zero-order valence-electron chi connectivity index (χ0n) is 11.3. The molecule has 0 aliphatic carbocycles. The lowest BCUT2D eigenvalue weighted by atomic mass is 10.2. The van der Waals surface area contributed by atoms with Crippen molar-refractivity contribution >= 4 is 28.1 Å². The van der Waals surface area contributed by atoms with Gasteiger partial charge in [-0.3, -0.25) is 0 Å². The van der Waals surface area contributed by atoms with Crippen molar-refractivity contribution in [3.8, 4) is 0 Å². The SMILES string of the molecule is O=C(NCC=Cc1cccc(Br)n1)OCc1ccccc1. The first-order chi connectivity index (χ1) is 10.2. The molecule has 4 nitrogen and oxygen atoms in total. The number of nitrogens with one attached hydrogen (secondary N) is 1. The number of hydrogen-bond acceptors (Lipinski definition) is 3. The minimum atomic E-state index is -0.439. The van der Waals surface area contributed by atoms with Crippen LogP contribution in [0.2, 0.25) is 0 Å². The normalized spacial score (nSPS) is 10.5. The molecule has 0 atom stereocenters. The molecule has 1 amide bonds. The number of aromatic nitrogens is 1. The Labute approximate surface area is 132 Å². The number of pyridine rings is 1. The summed E-state index contributed by atoms with van der Waals surface area (Å²) in [4.78, 5) is 15.7. The van der Waals surface area contributed by atoms with Gasteiger partial charge in [-0.05, 0) is 39.7 Å². The summed E-state index contributed by atoms with van der Waals surface area (Å²) in [6.07, 6.45) is 3.21. The summed E-state index contributed by atoms with van der Waals surface area (Å²) in [6, 6.07) is 15.2. The van der Waals surface area contributed by atoms with E-state index in [4.69, 9.17) is 4.74 Å². The van der Waals surface area contributed by atoms with E-state index in [0.717, 1.165) is 15.9 Å². The van der Waals surface area contributed by atoms with Crippen molar-refractivity contribution in [2.45, 2.75) is 6.61 Å². The third-order valence-corrected chi connectivity index (χ3v) is 3.04. The Bertz CT molecular complexity index is 615. The van der Waals surface area contributed by atoms with Crippen molar-refractivity contribution in [1.82, 2.24) is 10.3 Å². The average molecular weight is 347 g/mol. The van der Waals surface area contributed by atoms with Crippen LogP contribution in [0.5, 0.6) is 0 Å². The summed E-state index contributed by atoms with van der Waals surface area (Å²) in [6.45, 7) is 0.658. The predicted molar refractivity (Wildman–Crippen MR) is 85.6 cm³/mol. The fraction of sp³-hybridized carbons (Fsp3) is 0.125. The van der Waals surface area contributed by atoms with Crippen LogP contribution in [0.4, 0.5) is 4.79 Å². The summed E-state index contributed by atoms with van der Waals surface area (Å²) in [5.41, 5.74) is 1.78. The second kappa shape index (κ2) is 8.21. The summed E-state index contributed by atoms with van der Waals surface area (Å²) < 4.78 is 5.87. The minimum Gasteiger partial charge on any atom is -0.445 e. The van der Waals surface area contributed by atoms with Crippen LogP contribution in [0, 0.1) is 0 Å². The zero-order valence-corrected chi connectivity index (χ0v) is 12.9. The average Bonchev–Trinajstić information content (AvgIpc) is 2.51. The van der Waals surface area contributed by atoms with Crippen molar-refractivity contribution in [3.63, 3.8) is 0 Å². The lowest BCUT2D eigenvalue weighted by molar-refractivity contribution is 0.141. The number of carbonyl (C=O) groups is 1. The number of amides is 1. The maximum Gasteiger partial charge on any atom is 0.407 e. The zero-order chi connectivity index (χ0) is 14.9. The fourth-order valence-electron chi connectivity index (χ4n) is 1.61. The molecular formula is C16H15BrN2O2. The van der Waals surface area contributed by atoms with E-state index >= 15 is 0 Å². The number of nitrogens with zero attached hydrogens (tertiary/aromatic N) is 1. The third-order valence-electron chi connectivity index (χ3n) is 2.60. The molecule has 108 valence electrons. The molecule has 1 N–H and O–H groups in total. The van der Waals surface area contributed by atoms with Crippen LogP contribution in [0.3, 0.4) is 0 Å². The van der Waals surface area contributed by atoms with Crippen molar-refractivity contribution in [1.29, 1.82) is 0 Å². The molecule has 0 radical (unpaired) electrons. The van der Waals surface area contributed by atoms with Gasteiger partial charge in [-0.2, -0.15) is 0 Å². The molecule has 2 rings (SSSR count). The predicted octanol–water partition coefficient (Wildman–Crippen LogP) is 3.78. The van der Waals surface area contributed by atoms with Crippen LogP contribution in [0.25, 0.3) is 6.08 Å². The summed E-state index contributed by atoms with van der Waals surface area (Å²) in [7, 11) is 0. The number of hydrogen-bond donors (Lipinski definition) is 1. The van der Waals surface area contributed by atoms with E-state index in [-0.39, 0.29) is 6.61 Å². The Kier molecular flexibility index (Phi) is 5.97. The van der Waals surface area contributed by atoms with Gasteiger partial charge in [0.2, 0.25) is 0 Å². The second-order valence-corrected chi connectivity index (χ2v) is 5.04. The highest BCUT2D eigenvalue weighted by Gasteiger charge is 2.00. The molecule has 5 heteroatoms. The van der Waals surface area contributed by atoms with E-state index in [1.165, 1.54) is 0 Å². The molecule has 2 aromatic rings. The smallest absolute Gasteiger partial charge is 0.407 e. The number of carbonyl (C=O) groups excluding carboxylic acids is 1. The molecule has 21 heavy (non-hydrogen) atoms. The number of rotatable bonds is 5. The molecular weight excluding hydrogens is 332 g/mol. The molecule has 0 fully saturated rings. The van der Waals surface area contributed by atoms with Crippen LogP contribution in [-0.4, -0.2) is 17.6 Å². The van der Waals surface area contributed by atoms with Gasteiger partial charge < -0.3 is 10.1 Å². The molecule has 0 saturated heterocycles. The van der Waals surface area contributed by atoms with E-state index in [9.17, 15) is 4.79 Å². The molecule has 1 heterocycles. The van der Waals surface area contributed by atoms with Gasteiger partial charge in [0.1, 0.15) is 11.2 Å². The first-order valence-electron chi connectivity index (χ1n) is 6.48. The van der Waals surface area contributed by atoms with Gasteiger partial charge in [0.15, 0.2) is 0 Å². The summed E-state index contributed by atoms with van der Waals surface area (Å²) in [5, 5.41) is 2.65. The third kappa shape index (κ3) is 5.79. The quantitative estimate of drug-likeness (QED) is 0.838. The monoisotopic (exact) mass is 346 g/mol. The first kappa shape index (κ1) is 15.3. The first-order valence-corrected chi connectivity index (χ1v) is 7.27. The topological polar surface area (TPSA) is 51.2 Å². The Hall–Kier alpha value is -2.14. The Morgan fingerprint density at radius 2 is 2.00 bits per heavy atom. The number of alkyl carbamates (subject to hydrolysis) is 1. The lowest BCUT2D eigenvalue weighted by Crippen LogP contribution is -2.24. The van der Waals surface area contributed by atoms with Crippen molar-refractivity contribution in [2.24, 2.45) is 0 Å². The Morgan fingerprint density at radius 3 is 2.76 bits per heavy atom. The van der Waals surface area contributed by atoms with Gasteiger partial charge in [0.05, 0.1) is 5.69 Å². The van der Waals surface area contributed by atoms with Gasteiger partial charge in [0, 0.05) is 6.54 Å². The van der Waals surface area contributed by atoms with Gasteiger partial charge in [-0.15, -0.1) is 0 Å². The largest absolute Gasteiger partial charge is 0.445 e. The van der Waals surface area contributed by atoms with Gasteiger partial charge >= 0.3 is 6.09 Å². The maximum atomic E-state index is 11.5. The van der Waals surface area contributed by atoms with Gasteiger partial charge in [0.25, 0.3) is 0 Å². The summed E-state index contributed by atoms with van der Waals surface area (Å²) >= 11 is 3.30. The van der Waals surface area contributed by atoms with Crippen molar-refractivity contribution < 1.29 is 9.53 Å². The molecule has 0 aliphatic rings. The number of ether oxygens (including phenoxy) is 1. The van der Waals surface area contributed by atoms with Crippen molar-refractivity contribution in [3.05, 3.63) is 70.5 Å². The highest BCUT2D eigenvalue weighted by molar-refractivity contribution is 9.10. The van der Waals surface area contributed by atoms with E-state index in [1.807, 2.05) is 60.7 Å². The van der Waals surface area contributed by atoms with Crippen LogP contribution in [0.15, 0.2) is 59.2 Å². The Morgan fingerprint density at radius 1 is 1.19 bits per heavy atom. The molecule has 0 bridgehead atoms. The number of halogens is 1. The van der Waals surface area contributed by atoms with Crippen LogP contribution >= 0.6 is 15.9 Å². The van der Waals surface area contributed by atoms with Crippen molar-refractivity contribution in [2.75, 3.05) is 6.54 Å². The van der Waals surface area contributed by atoms with Crippen LogP contribution < -0.4 is 5.32 Å². The van der Waals surface area contributed by atoms with Crippen LogP contribution in [-0.2, 0) is 11.3 Å². The molecule has 0 saturated carbocycles. The van der Waals surface area contributed by atoms with Crippen LogP contribution in [0.1, 0.15) is 11.3 Å². The van der Waals surface area contributed by atoms with E-state index in [2.05, 4.69) is 26.2 Å². The minimum absolute atomic E-state index is 0.267. The van der Waals surface area contributed by atoms with E-state index in [0.29, 0.717) is 6.54 Å². The molecule has 1 aromatic carbocycles. The molecule has 1 aromatic heterocycles. The van der Waals surface area contributed by atoms with Gasteiger partial charge in [-0.1, -0.05) is 42.5 Å². The molecule has 0 spiro atoms. The summed E-state index contributed by atoms with van der Waals surface area (Å²) in [5.74, 6) is 0. The highest BCUT2D eigenvalue weighted by atomic mass is 79.9. The molecule has 0 aliphatic heterocycles. The highest BCUT2D eigenvalue weighted by Crippen LogP contribution is 2.07. The fourth-order valence-corrected chi connectivity index (χ4v) is 1.97. The van der Waals surface area contributed by atoms with E-state index < -0.39 is 6.09 Å². The van der Waals surface area contributed by atoms with Gasteiger partial charge in [-0.25, -0.2) is 9.78 Å². The maximum absolute atomic E-state index is 11.5. The van der Waals surface area contributed by atoms with E-state index in [1.54, 1.807) is 0 Å². The molecule has 0 unspecified atom stereocenters. The Balaban J connectivity index is 1.69. The number of benzene rings is 1. The standard InChI is InChI=1S/C16H15BrN2O2/c17-15-10-4-8-14(19-15)9-5-11-18-16(20)21-12-13-6-2-1-3-7-13/h1-10H,11-12H2,(H,18,20). The lowest BCUT2D eigenvalue weighted by Gasteiger charge is -2.05. The second-order valence-electron chi connectivity index (χ2n) is 4.23.